The maximum Gasteiger partial charge on any atom is 0.191 e. The predicted octanol–water partition coefficient (Wildman–Crippen LogP) is 3.16. The molecule has 1 aromatic carbocycles. The molecule has 0 aliphatic carbocycles. The van der Waals surface area contributed by atoms with Gasteiger partial charge in [0.05, 0.1) is 0 Å². The highest BCUT2D eigenvalue weighted by Gasteiger charge is 2.05. The van der Waals surface area contributed by atoms with Crippen molar-refractivity contribution in [3.63, 3.8) is 0 Å². The fraction of sp³-hybridized carbons (Fsp3) is 0.316. The maximum absolute atomic E-state index is 5.62. The van der Waals surface area contributed by atoms with Crippen molar-refractivity contribution in [2.24, 2.45) is 0 Å². The number of ether oxygens (including phenoxy) is 3. The van der Waals surface area contributed by atoms with Crippen molar-refractivity contribution < 1.29 is 18.8 Å². The summed E-state index contributed by atoms with van der Waals surface area (Å²) >= 11 is 0. The second-order valence-corrected chi connectivity index (χ2v) is 5.08. The van der Waals surface area contributed by atoms with Gasteiger partial charge in [0.2, 0.25) is 0 Å². The number of pyridine rings is 1. The van der Waals surface area contributed by atoms with Gasteiger partial charge in [0.15, 0.2) is 18.7 Å². The molecule has 0 saturated heterocycles. The van der Waals surface area contributed by atoms with Crippen LogP contribution in [0.25, 0.3) is 12.2 Å². The smallest absolute Gasteiger partial charge is 0.191 e. The van der Waals surface area contributed by atoms with Gasteiger partial charge in [0, 0.05) is 26.4 Å². The Bertz CT molecular complexity index is 602. The van der Waals surface area contributed by atoms with Gasteiger partial charge in [-0.3, -0.25) is 0 Å². The molecule has 122 valence electrons. The van der Waals surface area contributed by atoms with E-state index < -0.39 is 0 Å². The molecule has 0 saturated carbocycles. The molecule has 2 rings (SSSR count). The molecule has 0 amide bonds. The fourth-order valence-corrected chi connectivity index (χ4v) is 2.05. The Morgan fingerprint density at radius 3 is 2.00 bits per heavy atom. The van der Waals surface area contributed by atoms with Crippen molar-refractivity contribution in [3.8, 4) is 5.75 Å². The van der Waals surface area contributed by atoms with Crippen LogP contribution in [0.4, 0.5) is 0 Å². The molecule has 0 aliphatic rings. The summed E-state index contributed by atoms with van der Waals surface area (Å²) < 4.78 is 17.9. The van der Waals surface area contributed by atoms with Crippen LogP contribution in [0, 0.1) is 0 Å². The predicted molar refractivity (Wildman–Crippen MR) is 91.0 cm³/mol. The molecule has 23 heavy (non-hydrogen) atoms. The lowest BCUT2D eigenvalue weighted by Crippen LogP contribution is -2.30. The molecule has 1 aromatic heterocycles. The SMILES string of the molecule is CC[n+]1ccc(C=Cc2ccc(OCC(OC)OC)cc2)cc1. The van der Waals surface area contributed by atoms with Crippen LogP contribution in [0.5, 0.6) is 5.75 Å². The van der Waals surface area contributed by atoms with Crippen LogP contribution in [-0.2, 0) is 16.0 Å². The van der Waals surface area contributed by atoms with E-state index in [1.54, 1.807) is 14.2 Å². The highest BCUT2D eigenvalue weighted by atomic mass is 16.7. The Hall–Kier alpha value is -2.17. The van der Waals surface area contributed by atoms with Crippen LogP contribution < -0.4 is 9.30 Å². The number of aryl methyl sites for hydroxylation is 1. The van der Waals surface area contributed by atoms with Gasteiger partial charge < -0.3 is 14.2 Å². The van der Waals surface area contributed by atoms with E-state index in [0.717, 1.165) is 17.9 Å². The zero-order valence-corrected chi connectivity index (χ0v) is 13.9. The normalized spacial score (nSPS) is 11.3. The van der Waals surface area contributed by atoms with E-state index in [9.17, 15) is 0 Å². The molecule has 2 aromatic rings. The van der Waals surface area contributed by atoms with Crippen LogP contribution in [-0.4, -0.2) is 27.1 Å². The Morgan fingerprint density at radius 2 is 1.48 bits per heavy atom. The standard InChI is InChI=1S/C19H24NO3/c1-4-20-13-11-17(12-14-20)6-5-16-7-9-18(10-8-16)23-15-19(21-2)22-3/h5-14,19H,4,15H2,1-3H3/q+1. The van der Waals surface area contributed by atoms with E-state index in [-0.39, 0.29) is 6.29 Å². The first-order valence-electron chi connectivity index (χ1n) is 7.70. The zero-order chi connectivity index (χ0) is 16.5. The Balaban J connectivity index is 1.92. The highest BCUT2D eigenvalue weighted by Crippen LogP contribution is 2.15. The molecule has 4 nitrogen and oxygen atoms in total. The van der Waals surface area contributed by atoms with Gasteiger partial charge in [-0.05, 0) is 30.2 Å². The number of methoxy groups -OCH3 is 2. The van der Waals surface area contributed by atoms with Gasteiger partial charge in [-0.25, -0.2) is 4.57 Å². The Kier molecular flexibility index (Phi) is 6.78. The molecule has 0 atom stereocenters. The molecular weight excluding hydrogens is 290 g/mol. The minimum Gasteiger partial charge on any atom is -0.488 e. The highest BCUT2D eigenvalue weighted by molar-refractivity contribution is 5.69. The van der Waals surface area contributed by atoms with Crippen LogP contribution in [0.3, 0.4) is 0 Å². The Labute approximate surface area is 137 Å². The summed E-state index contributed by atoms with van der Waals surface area (Å²) in [6.45, 7) is 3.47. The van der Waals surface area contributed by atoms with Crippen LogP contribution in [0.2, 0.25) is 0 Å². The van der Waals surface area contributed by atoms with E-state index in [4.69, 9.17) is 14.2 Å². The quantitative estimate of drug-likeness (QED) is 0.554. The first-order chi connectivity index (χ1) is 11.2. The molecule has 4 heteroatoms. The van der Waals surface area contributed by atoms with Crippen molar-refractivity contribution in [2.45, 2.75) is 19.8 Å². The van der Waals surface area contributed by atoms with E-state index in [1.165, 1.54) is 5.56 Å². The summed E-state index contributed by atoms with van der Waals surface area (Å²) in [5.74, 6) is 0.796. The molecule has 0 N–H and O–H groups in total. The van der Waals surface area contributed by atoms with Gasteiger partial charge >= 0.3 is 0 Å². The molecule has 0 fully saturated rings. The van der Waals surface area contributed by atoms with Gasteiger partial charge in [0.1, 0.15) is 18.9 Å². The number of hydrogen-bond acceptors (Lipinski definition) is 3. The zero-order valence-electron chi connectivity index (χ0n) is 13.9. The lowest BCUT2D eigenvalue weighted by atomic mass is 10.1. The maximum atomic E-state index is 5.62. The Morgan fingerprint density at radius 1 is 0.913 bits per heavy atom. The summed E-state index contributed by atoms with van der Waals surface area (Å²) in [5, 5.41) is 0. The number of rotatable bonds is 8. The number of aromatic nitrogens is 1. The van der Waals surface area contributed by atoms with Gasteiger partial charge in [-0.2, -0.15) is 0 Å². The average Bonchev–Trinajstić information content (AvgIpc) is 2.62. The van der Waals surface area contributed by atoms with Crippen LogP contribution >= 0.6 is 0 Å². The summed E-state index contributed by atoms with van der Waals surface area (Å²) in [6.07, 6.45) is 8.00. The summed E-state index contributed by atoms with van der Waals surface area (Å²) in [7, 11) is 3.19. The third-order valence-corrected chi connectivity index (χ3v) is 3.54. The number of nitrogens with zero attached hydrogens (tertiary/aromatic N) is 1. The van der Waals surface area contributed by atoms with Crippen LogP contribution in [0.1, 0.15) is 18.1 Å². The topological polar surface area (TPSA) is 31.6 Å². The van der Waals surface area contributed by atoms with Crippen molar-refractivity contribution in [3.05, 3.63) is 59.9 Å². The minimum atomic E-state index is -0.349. The first kappa shape index (κ1) is 17.2. The van der Waals surface area contributed by atoms with Gasteiger partial charge in [-0.15, -0.1) is 0 Å². The summed E-state index contributed by atoms with van der Waals surface area (Å²) in [5.41, 5.74) is 2.30. The third kappa shape index (κ3) is 5.51. The molecule has 1 heterocycles. The largest absolute Gasteiger partial charge is 0.488 e. The molecular formula is C19H24NO3+. The minimum absolute atomic E-state index is 0.349. The van der Waals surface area contributed by atoms with Crippen molar-refractivity contribution in [2.75, 3.05) is 20.8 Å². The molecule has 0 radical (unpaired) electrons. The fourth-order valence-electron chi connectivity index (χ4n) is 2.05. The van der Waals surface area contributed by atoms with E-state index in [1.807, 2.05) is 24.3 Å². The number of hydrogen-bond donors (Lipinski definition) is 0. The third-order valence-electron chi connectivity index (χ3n) is 3.54. The number of benzene rings is 1. The van der Waals surface area contributed by atoms with Gasteiger partial charge in [-0.1, -0.05) is 24.3 Å². The van der Waals surface area contributed by atoms with E-state index in [0.29, 0.717) is 6.61 Å². The molecule has 0 aliphatic heterocycles. The first-order valence-corrected chi connectivity index (χ1v) is 7.70. The lowest BCUT2D eigenvalue weighted by Gasteiger charge is -2.14. The molecule has 0 spiro atoms. The molecule has 0 bridgehead atoms. The second-order valence-electron chi connectivity index (χ2n) is 5.08. The molecule has 0 unspecified atom stereocenters. The van der Waals surface area contributed by atoms with E-state index >= 15 is 0 Å². The van der Waals surface area contributed by atoms with Crippen molar-refractivity contribution in [1.82, 2.24) is 0 Å². The van der Waals surface area contributed by atoms with Gasteiger partial charge in [0.25, 0.3) is 0 Å². The summed E-state index contributed by atoms with van der Waals surface area (Å²) in [4.78, 5) is 0. The van der Waals surface area contributed by atoms with Crippen LogP contribution in [0.15, 0.2) is 48.8 Å². The van der Waals surface area contributed by atoms with Crippen molar-refractivity contribution >= 4 is 12.2 Å². The average molecular weight is 314 g/mol. The van der Waals surface area contributed by atoms with Crippen molar-refractivity contribution in [1.29, 1.82) is 0 Å². The van der Waals surface area contributed by atoms with E-state index in [2.05, 4.69) is 48.2 Å². The monoisotopic (exact) mass is 314 g/mol. The summed E-state index contributed by atoms with van der Waals surface area (Å²) in [6, 6.07) is 12.1. The lowest BCUT2D eigenvalue weighted by molar-refractivity contribution is -0.693. The second kappa shape index (κ2) is 9.08.